The lowest BCUT2D eigenvalue weighted by Crippen LogP contribution is -1.93. The molecule has 0 aliphatic rings. The number of thiazole rings is 1. The fourth-order valence-corrected chi connectivity index (χ4v) is 2.29. The molecule has 2 rings (SSSR count). The van der Waals surface area contributed by atoms with Crippen molar-refractivity contribution in [3.63, 3.8) is 0 Å². The molecule has 2 aromatic rings. The van der Waals surface area contributed by atoms with Gasteiger partial charge in [0.25, 0.3) is 0 Å². The lowest BCUT2D eigenvalue weighted by molar-refractivity contribution is 0.104. The van der Waals surface area contributed by atoms with E-state index >= 15 is 0 Å². The average Bonchev–Trinajstić information content (AvgIpc) is 2.64. The van der Waals surface area contributed by atoms with Crippen molar-refractivity contribution in [3.05, 3.63) is 41.1 Å². The maximum absolute atomic E-state index is 11.7. The van der Waals surface area contributed by atoms with E-state index in [4.69, 9.17) is 4.74 Å². The Hall–Kier alpha value is -1.68. The van der Waals surface area contributed by atoms with Gasteiger partial charge in [-0.3, -0.25) is 4.79 Å². The lowest BCUT2D eigenvalue weighted by atomic mass is 10.1. The van der Waals surface area contributed by atoms with Crippen LogP contribution in [0.15, 0.2) is 30.5 Å². The van der Waals surface area contributed by atoms with Crippen LogP contribution in [0.2, 0.25) is 0 Å². The van der Waals surface area contributed by atoms with Crippen molar-refractivity contribution in [1.82, 2.24) is 4.98 Å². The van der Waals surface area contributed by atoms with E-state index in [0.717, 1.165) is 15.2 Å². The van der Waals surface area contributed by atoms with Crippen molar-refractivity contribution in [2.45, 2.75) is 6.92 Å². The van der Waals surface area contributed by atoms with Crippen molar-refractivity contribution in [3.8, 4) is 0 Å². The first-order chi connectivity index (χ1) is 7.70. The highest BCUT2D eigenvalue weighted by atomic mass is 32.1. The van der Waals surface area contributed by atoms with E-state index in [2.05, 4.69) is 4.98 Å². The van der Waals surface area contributed by atoms with E-state index in [1.807, 2.05) is 19.1 Å². The second-order valence-corrected chi connectivity index (χ2v) is 4.55. The van der Waals surface area contributed by atoms with E-state index < -0.39 is 0 Å². The number of rotatable bonds is 3. The molecule has 0 radical (unpaired) electrons. The molecule has 16 heavy (non-hydrogen) atoms. The number of benzene rings is 1. The highest BCUT2D eigenvalue weighted by Gasteiger charge is 2.05. The third kappa shape index (κ3) is 2.12. The Bertz CT molecular complexity index is 557. The van der Waals surface area contributed by atoms with Gasteiger partial charge in [-0.1, -0.05) is 0 Å². The summed E-state index contributed by atoms with van der Waals surface area (Å²) in [4.78, 5) is 16.0. The Morgan fingerprint density at radius 1 is 1.50 bits per heavy atom. The molecule has 0 atom stereocenters. The topological polar surface area (TPSA) is 39.2 Å². The fourth-order valence-electron chi connectivity index (χ4n) is 1.42. The van der Waals surface area contributed by atoms with Crippen LogP contribution in [0.3, 0.4) is 0 Å². The van der Waals surface area contributed by atoms with Crippen molar-refractivity contribution < 1.29 is 9.53 Å². The monoisotopic (exact) mass is 233 g/mol. The number of nitrogens with zero attached hydrogens (tertiary/aromatic N) is 1. The van der Waals surface area contributed by atoms with Crippen LogP contribution in [0.25, 0.3) is 10.2 Å². The number of carbonyl (C=O) groups excluding carboxylic acids is 1. The second-order valence-electron chi connectivity index (χ2n) is 3.32. The lowest BCUT2D eigenvalue weighted by Gasteiger charge is -1.95. The molecule has 3 nitrogen and oxygen atoms in total. The first-order valence-corrected chi connectivity index (χ1v) is 5.63. The third-order valence-corrected chi connectivity index (χ3v) is 3.07. The maximum atomic E-state index is 11.7. The Morgan fingerprint density at radius 2 is 2.31 bits per heavy atom. The summed E-state index contributed by atoms with van der Waals surface area (Å²) in [5, 5.41) is 1.01. The quantitative estimate of drug-likeness (QED) is 0.465. The smallest absolute Gasteiger partial charge is 0.188 e. The Kier molecular flexibility index (Phi) is 3.01. The molecule has 0 aliphatic carbocycles. The summed E-state index contributed by atoms with van der Waals surface area (Å²) >= 11 is 1.59. The molecule has 1 aromatic heterocycles. The normalized spacial score (nSPS) is 11.1. The fraction of sp³-hybridized carbons (Fsp3) is 0.167. The number of hydrogen-bond donors (Lipinski definition) is 0. The number of aryl methyl sites for hydroxylation is 1. The van der Waals surface area contributed by atoms with Crippen LogP contribution in [-0.4, -0.2) is 17.9 Å². The van der Waals surface area contributed by atoms with Crippen LogP contribution in [0, 0.1) is 6.92 Å². The van der Waals surface area contributed by atoms with Crippen LogP contribution in [0.5, 0.6) is 0 Å². The number of aromatic nitrogens is 1. The van der Waals surface area contributed by atoms with E-state index in [1.54, 1.807) is 17.4 Å². The summed E-state index contributed by atoms with van der Waals surface area (Å²) in [5.74, 6) is -0.0604. The molecule has 0 bridgehead atoms. The summed E-state index contributed by atoms with van der Waals surface area (Å²) in [6.07, 6.45) is 2.79. The average molecular weight is 233 g/mol. The molecule has 0 spiro atoms. The highest BCUT2D eigenvalue weighted by molar-refractivity contribution is 7.18. The van der Waals surface area contributed by atoms with Crippen molar-refractivity contribution >= 4 is 27.3 Å². The SMILES string of the molecule is CO/C=C/C(=O)c1ccc2nc(C)sc2c1. The van der Waals surface area contributed by atoms with Crippen LogP contribution >= 0.6 is 11.3 Å². The highest BCUT2D eigenvalue weighted by Crippen LogP contribution is 2.22. The van der Waals surface area contributed by atoms with Crippen LogP contribution < -0.4 is 0 Å². The molecule has 1 heterocycles. The number of fused-ring (bicyclic) bond motifs is 1. The van der Waals surface area contributed by atoms with Crippen molar-refractivity contribution in [1.29, 1.82) is 0 Å². The largest absolute Gasteiger partial charge is 0.504 e. The number of ether oxygens (including phenoxy) is 1. The minimum absolute atomic E-state index is 0.0604. The molecule has 0 fully saturated rings. The third-order valence-electron chi connectivity index (χ3n) is 2.14. The predicted molar refractivity (Wildman–Crippen MR) is 64.8 cm³/mol. The predicted octanol–water partition coefficient (Wildman–Crippen LogP) is 2.95. The zero-order valence-electron chi connectivity index (χ0n) is 9.06. The van der Waals surface area contributed by atoms with Gasteiger partial charge in [0.05, 0.1) is 28.6 Å². The van der Waals surface area contributed by atoms with Gasteiger partial charge in [0, 0.05) is 11.6 Å². The van der Waals surface area contributed by atoms with Gasteiger partial charge in [-0.25, -0.2) is 4.98 Å². The Labute approximate surface area is 97.4 Å². The number of methoxy groups -OCH3 is 1. The summed E-state index contributed by atoms with van der Waals surface area (Å²) in [6, 6.07) is 5.51. The van der Waals surface area contributed by atoms with Gasteiger partial charge in [-0.2, -0.15) is 0 Å². The minimum atomic E-state index is -0.0604. The Balaban J connectivity index is 2.38. The van der Waals surface area contributed by atoms with Gasteiger partial charge in [-0.15, -0.1) is 11.3 Å². The van der Waals surface area contributed by atoms with Gasteiger partial charge in [0.15, 0.2) is 5.78 Å². The summed E-state index contributed by atoms with van der Waals surface area (Å²) < 4.78 is 5.75. The van der Waals surface area contributed by atoms with E-state index in [-0.39, 0.29) is 5.78 Å². The standard InChI is InChI=1S/C12H11NO2S/c1-8-13-10-4-3-9(7-12(10)16-8)11(14)5-6-15-2/h3-7H,1-2H3/b6-5+. The molecule has 4 heteroatoms. The molecular weight excluding hydrogens is 222 g/mol. The molecule has 0 amide bonds. The minimum Gasteiger partial charge on any atom is -0.504 e. The summed E-state index contributed by atoms with van der Waals surface area (Å²) in [6.45, 7) is 1.96. The van der Waals surface area contributed by atoms with Crippen LogP contribution in [0.1, 0.15) is 15.4 Å². The van der Waals surface area contributed by atoms with E-state index in [0.29, 0.717) is 5.56 Å². The van der Waals surface area contributed by atoms with Crippen LogP contribution in [0.4, 0.5) is 0 Å². The first kappa shape index (κ1) is 10.8. The van der Waals surface area contributed by atoms with Gasteiger partial charge < -0.3 is 4.74 Å². The zero-order chi connectivity index (χ0) is 11.5. The second kappa shape index (κ2) is 4.45. The number of ketones is 1. The van der Waals surface area contributed by atoms with Gasteiger partial charge in [0.2, 0.25) is 0 Å². The molecule has 0 saturated carbocycles. The summed E-state index contributed by atoms with van der Waals surface area (Å²) in [5.41, 5.74) is 1.60. The number of allylic oxidation sites excluding steroid dienone is 1. The van der Waals surface area contributed by atoms with E-state index in [9.17, 15) is 4.79 Å². The van der Waals surface area contributed by atoms with Gasteiger partial charge in [-0.05, 0) is 25.1 Å². The first-order valence-electron chi connectivity index (χ1n) is 4.81. The molecular formula is C12H11NO2S. The number of hydrogen-bond acceptors (Lipinski definition) is 4. The maximum Gasteiger partial charge on any atom is 0.188 e. The zero-order valence-corrected chi connectivity index (χ0v) is 9.88. The van der Waals surface area contributed by atoms with Crippen molar-refractivity contribution in [2.24, 2.45) is 0 Å². The van der Waals surface area contributed by atoms with E-state index in [1.165, 1.54) is 19.4 Å². The molecule has 0 aliphatic heterocycles. The molecule has 0 saturated heterocycles. The molecule has 0 N–H and O–H groups in total. The van der Waals surface area contributed by atoms with Gasteiger partial charge in [0.1, 0.15) is 0 Å². The van der Waals surface area contributed by atoms with Gasteiger partial charge >= 0.3 is 0 Å². The number of carbonyl (C=O) groups is 1. The van der Waals surface area contributed by atoms with Crippen LogP contribution in [-0.2, 0) is 4.74 Å². The Morgan fingerprint density at radius 3 is 3.06 bits per heavy atom. The molecule has 82 valence electrons. The van der Waals surface area contributed by atoms with Crippen molar-refractivity contribution in [2.75, 3.05) is 7.11 Å². The molecule has 1 aromatic carbocycles. The molecule has 0 unspecified atom stereocenters. The summed E-state index contributed by atoms with van der Waals surface area (Å²) in [7, 11) is 1.51.